The van der Waals surface area contributed by atoms with E-state index in [-0.39, 0.29) is 31.0 Å². The fourth-order valence-electron chi connectivity index (χ4n) is 1.95. The second kappa shape index (κ2) is 11.9. The molecule has 0 heterocycles. The smallest absolute Gasteiger partial charge is 0.325 e. The highest BCUT2D eigenvalue weighted by Crippen LogP contribution is 2.12. The van der Waals surface area contributed by atoms with Crippen LogP contribution in [0.25, 0.3) is 0 Å². The molecule has 1 rings (SSSR count). The van der Waals surface area contributed by atoms with E-state index in [9.17, 15) is 14.4 Å². The van der Waals surface area contributed by atoms with Crippen molar-refractivity contribution >= 4 is 17.8 Å². The van der Waals surface area contributed by atoms with Crippen molar-refractivity contribution in [1.82, 2.24) is 10.6 Å². The highest BCUT2D eigenvalue weighted by atomic mass is 16.5. The van der Waals surface area contributed by atoms with Gasteiger partial charge in [-0.25, -0.2) is 0 Å². The van der Waals surface area contributed by atoms with Crippen LogP contribution in [0.2, 0.25) is 0 Å². The second-order valence-electron chi connectivity index (χ2n) is 6.67. The number of benzene rings is 1. The zero-order valence-corrected chi connectivity index (χ0v) is 16.5. The first kappa shape index (κ1) is 22.5. The number of amides is 2. The van der Waals surface area contributed by atoms with E-state index < -0.39 is 11.9 Å². The van der Waals surface area contributed by atoms with Crippen LogP contribution in [0, 0.1) is 5.92 Å². The molecule has 2 N–H and O–H groups in total. The molecule has 0 aliphatic rings. The zero-order chi connectivity index (χ0) is 20.2. The number of ether oxygens (including phenoxy) is 2. The molecule has 2 amide bonds. The van der Waals surface area contributed by atoms with E-state index in [4.69, 9.17) is 9.47 Å². The van der Waals surface area contributed by atoms with Crippen LogP contribution in [-0.2, 0) is 14.3 Å². The van der Waals surface area contributed by atoms with Crippen LogP contribution in [0.3, 0.4) is 0 Å². The number of unbranched alkanes of at least 4 members (excludes halogenated alkanes) is 1. The average Bonchev–Trinajstić information content (AvgIpc) is 2.65. The maximum atomic E-state index is 12.0. The lowest BCUT2D eigenvalue weighted by Gasteiger charge is -2.17. The summed E-state index contributed by atoms with van der Waals surface area (Å²) in [6.07, 6.45) is 2.02. The number of hydrogen-bond acceptors (Lipinski definition) is 5. The summed E-state index contributed by atoms with van der Waals surface area (Å²) < 4.78 is 10.4. The lowest BCUT2D eigenvalue weighted by molar-refractivity contribution is -0.147. The molecule has 27 heavy (non-hydrogen) atoms. The van der Waals surface area contributed by atoms with E-state index in [1.54, 1.807) is 24.3 Å². The number of rotatable bonds is 11. The quantitative estimate of drug-likeness (QED) is 0.455. The summed E-state index contributed by atoms with van der Waals surface area (Å²) in [5.41, 5.74) is 0.411. The highest BCUT2D eigenvalue weighted by Gasteiger charge is 2.14. The van der Waals surface area contributed by atoms with Gasteiger partial charge in [0.15, 0.2) is 6.61 Å². The van der Waals surface area contributed by atoms with Gasteiger partial charge in [-0.1, -0.05) is 27.2 Å². The Balaban J connectivity index is 2.32. The van der Waals surface area contributed by atoms with Crippen molar-refractivity contribution in [2.24, 2.45) is 5.92 Å². The number of hydrogen-bond donors (Lipinski definition) is 2. The third-order valence-corrected chi connectivity index (χ3v) is 4.03. The topological polar surface area (TPSA) is 93.7 Å². The van der Waals surface area contributed by atoms with Gasteiger partial charge in [-0.15, -0.1) is 0 Å². The van der Waals surface area contributed by atoms with Crippen LogP contribution < -0.4 is 15.4 Å². The van der Waals surface area contributed by atoms with Gasteiger partial charge in [0.2, 0.25) is 0 Å². The number of carbonyl (C=O) groups excluding carboxylic acids is 3. The van der Waals surface area contributed by atoms with E-state index in [2.05, 4.69) is 17.6 Å². The molecule has 0 saturated heterocycles. The number of nitrogens with one attached hydrogen (secondary N) is 2. The van der Waals surface area contributed by atoms with Gasteiger partial charge in [-0.2, -0.15) is 0 Å². The number of esters is 1. The van der Waals surface area contributed by atoms with E-state index in [1.165, 1.54) is 0 Å². The fraction of sp³-hybridized carbons (Fsp3) is 0.550. The lowest BCUT2D eigenvalue weighted by Crippen LogP contribution is -2.39. The van der Waals surface area contributed by atoms with Gasteiger partial charge in [0, 0.05) is 11.6 Å². The van der Waals surface area contributed by atoms with Crippen LogP contribution in [0.5, 0.6) is 5.75 Å². The molecule has 0 aliphatic heterocycles. The summed E-state index contributed by atoms with van der Waals surface area (Å²) in [4.78, 5) is 35.4. The van der Waals surface area contributed by atoms with Gasteiger partial charge < -0.3 is 20.1 Å². The molecule has 0 radical (unpaired) electrons. The molecule has 0 bridgehead atoms. The normalized spacial score (nSPS) is 11.6. The van der Waals surface area contributed by atoms with Gasteiger partial charge in [0.05, 0.1) is 6.61 Å². The first-order valence-electron chi connectivity index (χ1n) is 9.29. The van der Waals surface area contributed by atoms with Crippen LogP contribution in [-0.4, -0.2) is 43.6 Å². The molecule has 0 unspecified atom stereocenters. The Morgan fingerprint density at radius 2 is 1.74 bits per heavy atom. The van der Waals surface area contributed by atoms with E-state index in [1.807, 2.05) is 20.8 Å². The maximum absolute atomic E-state index is 12.0. The predicted molar refractivity (Wildman–Crippen MR) is 103 cm³/mol. The SMILES string of the molecule is CCCCOc1ccc(C(=O)NCC(=O)OCC(=O)N[C@@H](C)C(C)C)cc1. The lowest BCUT2D eigenvalue weighted by atomic mass is 10.1. The zero-order valence-electron chi connectivity index (χ0n) is 16.5. The minimum atomic E-state index is -0.671. The van der Waals surface area contributed by atoms with Crippen LogP contribution in [0.15, 0.2) is 24.3 Å². The number of carbonyl (C=O) groups is 3. The monoisotopic (exact) mass is 378 g/mol. The standard InChI is InChI=1S/C20H30N2O5/c1-5-6-11-26-17-9-7-16(8-10-17)20(25)21-12-19(24)27-13-18(23)22-15(4)14(2)3/h7-10,14-15H,5-6,11-13H2,1-4H3,(H,21,25)(H,22,23)/t15-/m0/s1. The minimum absolute atomic E-state index is 0.00942. The molecular formula is C20H30N2O5. The molecule has 150 valence electrons. The molecule has 0 saturated carbocycles. The molecule has 0 aromatic heterocycles. The Hall–Kier alpha value is -2.57. The van der Waals surface area contributed by atoms with Crippen molar-refractivity contribution in [3.05, 3.63) is 29.8 Å². The Bertz CT molecular complexity index is 613. The van der Waals surface area contributed by atoms with Crippen molar-refractivity contribution in [1.29, 1.82) is 0 Å². The first-order chi connectivity index (χ1) is 12.8. The third kappa shape index (κ3) is 9.08. The van der Waals surface area contributed by atoms with Gasteiger partial charge in [0.1, 0.15) is 12.3 Å². The Labute approximate surface area is 160 Å². The van der Waals surface area contributed by atoms with Crippen LogP contribution in [0.4, 0.5) is 0 Å². The van der Waals surface area contributed by atoms with E-state index in [0.29, 0.717) is 17.9 Å². The maximum Gasteiger partial charge on any atom is 0.325 e. The summed E-state index contributed by atoms with van der Waals surface area (Å²) in [6, 6.07) is 6.67. The van der Waals surface area contributed by atoms with E-state index in [0.717, 1.165) is 12.8 Å². The summed E-state index contributed by atoms with van der Waals surface area (Å²) in [6.45, 7) is 7.89. The Morgan fingerprint density at radius 3 is 2.33 bits per heavy atom. The summed E-state index contributed by atoms with van der Waals surface area (Å²) in [7, 11) is 0. The molecule has 0 spiro atoms. The molecule has 7 nitrogen and oxygen atoms in total. The van der Waals surface area contributed by atoms with Gasteiger partial charge in [-0.3, -0.25) is 14.4 Å². The van der Waals surface area contributed by atoms with Gasteiger partial charge in [-0.05, 0) is 43.5 Å². The molecular weight excluding hydrogens is 348 g/mol. The van der Waals surface area contributed by atoms with Crippen molar-refractivity contribution in [3.63, 3.8) is 0 Å². The highest BCUT2D eigenvalue weighted by molar-refractivity contribution is 5.96. The minimum Gasteiger partial charge on any atom is -0.494 e. The average molecular weight is 378 g/mol. The Morgan fingerprint density at radius 1 is 1.07 bits per heavy atom. The first-order valence-corrected chi connectivity index (χ1v) is 9.29. The molecule has 1 aromatic rings. The van der Waals surface area contributed by atoms with E-state index >= 15 is 0 Å². The molecule has 0 aliphatic carbocycles. The fourth-order valence-corrected chi connectivity index (χ4v) is 1.95. The largest absolute Gasteiger partial charge is 0.494 e. The second-order valence-corrected chi connectivity index (χ2v) is 6.67. The summed E-state index contributed by atoms with van der Waals surface area (Å²) in [5.74, 6) is -0.455. The summed E-state index contributed by atoms with van der Waals surface area (Å²) >= 11 is 0. The van der Waals surface area contributed by atoms with Crippen LogP contribution in [0.1, 0.15) is 50.9 Å². The molecule has 0 fully saturated rings. The predicted octanol–water partition coefficient (Wildman–Crippen LogP) is 2.30. The third-order valence-electron chi connectivity index (χ3n) is 4.03. The van der Waals surface area contributed by atoms with Crippen molar-refractivity contribution in [2.45, 2.75) is 46.6 Å². The van der Waals surface area contributed by atoms with Crippen LogP contribution >= 0.6 is 0 Å². The van der Waals surface area contributed by atoms with Crippen molar-refractivity contribution < 1.29 is 23.9 Å². The van der Waals surface area contributed by atoms with Crippen molar-refractivity contribution in [2.75, 3.05) is 19.8 Å². The van der Waals surface area contributed by atoms with Gasteiger partial charge in [0.25, 0.3) is 11.8 Å². The summed E-state index contributed by atoms with van der Waals surface area (Å²) in [5, 5.41) is 5.20. The molecule has 1 aromatic carbocycles. The van der Waals surface area contributed by atoms with Gasteiger partial charge >= 0.3 is 5.97 Å². The molecule has 7 heteroatoms. The Kier molecular flexibility index (Phi) is 9.93. The van der Waals surface area contributed by atoms with Crippen molar-refractivity contribution in [3.8, 4) is 5.75 Å². The molecule has 1 atom stereocenters.